The summed E-state index contributed by atoms with van der Waals surface area (Å²) in [4.78, 5) is 33.2. The van der Waals surface area contributed by atoms with Crippen molar-refractivity contribution in [1.82, 2.24) is 9.88 Å². The number of hydrogen-bond donors (Lipinski definition) is 0. The van der Waals surface area contributed by atoms with Gasteiger partial charge in [0.2, 0.25) is 5.89 Å². The third kappa shape index (κ3) is 4.74. The lowest BCUT2D eigenvalue weighted by atomic mass is 10.2. The van der Waals surface area contributed by atoms with Gasteiger partial charge in [0, 0.05) is 37.4 Å². The third-order valence-electron chi connectivity index (χ3n) is 5.41. The van der Waals surface area contributed by atoms with E-state index in [0.717, 1.165) is 17.0 Å². The van der Waals surface area contributed by atoms with E-state index in [1.807, 2.05) is 54.6 Å². The molecule has 166 valence electrons. The Morgan fingerprint density at radius 1 is 1.00 bits per heavy atom. The van der Waals surface area contributed by atoms with Crippen LogP contribution in [0, 0.1) is 6.92 Å². The lowest BCUT2D eigenvalue weighted by molar-refractivity contribution is -0.134. The molecule has 0 unspecified atom stereocenters. The lowest BCUT2D eigenvalue weighted by Gasteiger charge is -2.36. The van der Waals surface area contributed by atoms with Crippen molar-refractivity contribution < 1.29 is 23.5 Å². The van der Waals surface area contributed by atoms with Gasteiger partial charge in [-0.05, 0) is 43.3 Å². The molecular weight excluding hydrogens is 410 g/mol. The zero-order valence-electron chi connectivity index (χ0n) is 18.1. The van der Waals surface area contributed by atoms with Crippen molar-refractivity contribution in [3.8, 4) is 17.2 Å². The molecule has 1 fully saturated rings. The van der Waals surface area contributed by atoms with Crippen LogP contribution in [0.4, 0.5) is 5.69 Å². The Hall–Kier alpha value is -3.81. The van der Waals surface area contributed by atoms with Crippen LogP contribution in [0.5, 0.6) is 5.75 Å². The number of hydrogen-bond acceptors (Lipinski definition) is 7. The molecule has 0 spiro atoms. The van der Waals surface area contributed by atoms with Crippen molar-refractivity contribution in [2.24, 2.45) is 0 Å². The molecule has 2 aromatic carbocycles. The minimum atomic E-state index is -0.668. The molecule has 3 aromatic rings. The van der Waals surface area contributed by atoms with E-state index in [0.29, 0.717) is 37.8 Å². The second-order valence-corrected chi connectivity index (χ2v) is 7.43. The number of piperazine rings is 1. The van der Waals surface area contributed by atoms with Gasteiger partial charge in [0.25, 0.3) is 5.91 Å². The standard InChI is InChI=1S/C24H25N3O5/c1-17-22(25-23(32-17)18-6-4-3-5-7-18)24(29)31-16-21(28)27-14-12-26(13-15-27)19-8-10-20(30-2)11-9-19/h3-11H,12-16H2,1-2H3. The molecule has 0 atom stereocenters. The fourth-order valence-corrected chi connectivity index (χ4v) is 3.58. The van der Waals surface area contributed by atoms with Gasteiger partial charge >= 0.3 is 5.97 Å². The van der Waals surface area contributed by atoms with E-state index >= 15 is 0 Å². The molecule has 1 aromatic heterocycles. The van der Waals surface area contributed by atoms with E-state index in [1.165, 1.54) is 0 Å². The second-order valence-electron chi connectivity index (χ2n) is 7.43. The van der Waals surface area contributed by atoms with Gasteiger partial charge in [-0.15, -0.1) is 0 Å². The smallest absolute Gasteiger partial charge is 0.361 e. The number of aromatic nitrogens is 1. The predicted molar refractivity (Wildman–Crippen MR) is 119 cm³/mol. The summed E-state index contributed by atoms with van der Waals surface area (Å²) < 4.78 is 16.0. The molecule has 8 heteroatoms. The molecule has 1 saturated heterocycles. The Balaban J connectivity index is 1.29. The van der Waals surface area contributed by atoms with E-state index in [9.17, 15) is 9.59 Å². The van der Waals surface area contributed by atoms with Gasteiger partial charge in [-0.25, -0.2) is 9.78 Å². The number of benzene rings is 2. The number of amides is 1. The summed E-state index contributed by atoms with van der Waals surface area (Å²) in [6.45, 7) is 3.85. The topological polar surface area (TPSA) is 85.1 Å². The van der Waals surface area contributed by atoms with Crippen molar-refractivity contribution in [1.29, 1.82) is 0 Å². The Kier molecular flexibility index (Phi) is 6.39. The molecule has 0 aliphatic carbocycles. The van der Waals surface area contributed by atoms with E-state index in [4.69, 9.17) is 13.9 Å². The van der Waals surface area contributed by atoms with E-state index in [1.54, 1.807) is 18.9 Å². The number of anilines is 1. The first-order chi connectivity index (χ1) is 15.5. The highest BCUT2D eigenvalue weighted by Crippen LogP contribution is 2.22. The summed E-state index contributed by atoms with van der Waals surface area (Å²) in [5.74, 6) is 0.615. The highest BCUT2D eigenvalue weighted by molar-refractivity contribution is 5.91. The van der Waals surface area contributed by atoms with E-state index in [-0.39, 0.29) is 18.2 Å². The maximum absolute atomic E-state index is 12.5. The van der Waals surface area contributed by atoms with Gasteiger partial charge in [0.15, 0.2) is 12.3 Å². The van der Waals surface area contributed by atoms with E-state index < -0.39 is 5.97 Å². The second kappa shape index (κ2) is 9.55. The lowest BCUT2D eigenvalue weighted by Crippen LogP contribution is -2.49. The van der Waals surface area contributed by atoms with Crippen molar-refractivity contribution in [2.75, 3.05) is 44.8 Å². The SMILES string of the molecule is COc1ccc(N2CCN(C(=O)COC(=O)c3nc(-c4ccccc4)oc3C)CC2)cc1. The monoisotopic (exact) mass is 435 g/mol. The first-order valence-electron chi connectivity index (χ1n) is 10.4. The van der Waals surface area contributed by atoms with Crippen LogP contribution in [0.25, 0.3) is 11.5 Å². The molecule has 0 bridgehead atoms. The van der Waals surface area contributed by atoms with Crippen LogP contribution in [-0.4, -0.2) is 61.7 Å². The molecule has 32 heavy (non-hydrogen) atoms. The largest absolute Gasteiger partial charge is 0.497 e. The van der Waals surface area contributed by atoms with Crippen LogP contribution in [0.1, 0.15) is 16.2 Å². The fraction of sp³-hybridized carbons (Fsp3) is 0.292. The molecule has 1 aliphatic heterocycles. The highest BCUT2D eigenvalue weighted by atomic mass is 16.5. The molecule has 1 aliphatic rings. The Bertz CT molecular complexity index is 1070. The molecule has 8 nitrogen and oxygen atoms in total. The molecule has 1 amide bonds. The van der Waals surface area contributed by atoms with Gasteiger partial charge in [-0.1, -0.05) is 18.2 Å². The van der Waals surface area contributed by atoms with Crippen LogP contribution in [-0.2, 0) is 9.53 Å². The fourth-order valence-electron chi connectivity index (χ4n) is 3.58. The predicted octanol–water partition coefficient (Wildman–Crippen LogP) is 3.16. The Labute approximate surface area is 186 Å². The molecule has 0 N–H and O–H groups in total. The number of rotatable bonds is 6. The number of oxazole rings is 1. The Morgan fingerprint density at radius 3 is 2.34 bits per heavy atom. The average Bonchev–Trinajstić information content (AvgIpc) is 3.24. The molecular formula is C24H25N3O5. The molecule has 0 saturated carbocycles. The third-order valence-corrected chi connectivity index (χ3v) is 5.41. The number of esters is 1. The van der Waals surface area contributed by atoms with Crippen molar-refractivity contribution >= 4 is 17.6 Å². The summed E-state index contributed by atoms with van der Waals surface area (Å²) in [6.07, 6.45) is 0. The van der Waals surface area contributed by atoms with Gasteiger partial charge in [0.1, 0.15) is 11.5 Å². The number of methoxy groups -OCH3 is 1. The van der Waals surface area contributed by atoms with Crippen molar-refractivity contribution in [3.63, 3.8) is 0 Å². The number of aryl methyl sites for hydroxylation is 1. The van der Waals surface area contributed by atoms with Crippen LogP contribution < -0.4 is 9.64 Å². The number of carbonyl (C=O) groups is 2. The summed E-state index contributed by atoms with van der Waals surface area (Å²) in [5, 5.41) is 0. The average molecular weight is 435 g/mol. The highest BCUT2D eigenvalue weighted by Gasteiger charge is 2.24. The summed E-state index contributed by atoms with van der Waals surface area (Å²) >= 11 is 0. The molecule has 4 rings (SSSR count). The van der Waals surface area contributed by atoms with Crippen molar-refractivity contribution in [3.05, 3.63) is 66.1 Å². The van der Waals surface area contributed by atoms with Crippen LogP contribution in [0.3, 0.4) is 0 Å². The zero-order chi connectivity index (χ0) is 22.5. The van der Waals surface area contributed by atoms with Crippen LogP contribution >= 0.6 is 0 Å². The van der Waals surface area contributed by atoms with Gasteiger partial charge in [-0.2, -0.15) is 0 Å². The Morgan fingerprint density at radius 2 is 1.69 bits per heavy atom. The van der Waals surface area contributed by atoms with Gasteiger partial charge < -0.3 is 23.7 Å². The summed E-state index contributed by atoms with van der Waals surface area (Å²) in [5.41, 5.74) is 1.93. The first kappa shape index (κ1) is 21.4. The normalized spacial score (nSPS) is 13.7. The van der Waals surface area contributed by atoms with Gasteiger partial charge in [-0.3, -0.25) is 4.79 Å². The minimum Gasteiger partial charge on any atom is -0.497 e. The van der Waals surface area contributed by atoms with Crippen molar-refractivity contribution in [2.45, 2.75) is 6.92 Å². The van der Waals surface area contributed by atoms with Crippen LogP contribution in [0.15, 0.2) is 59.0 Å². The van der Waals surface area contributed by atoms with Gasteiger partial charge in [0.05, 0.1) is 7.11 Å². The molecule has 0 radical (unpaired) electrons. The number of carbonyl (C=O) groups excluding carboxylic acids is 2. The zero-order valence-corrected chi connectivity index (χ0v) is 18.1. The quantitative estimate of drug-likeness (QED) is 0.550. The number of nitrogens with zero attached hydrogens (tertiary/aromatic N) is 3. The maximum atomic E-state index is 12.5. The summed E-state index contributed by atoms with van der Waals surface area (Å²) in [6, 6.07) is 17.1. The van der Waals surface area contributed by atoms with Crippen LogP contribution in [0.2, 0.25) is 0 Å². The van der Waals surface area contributed by atoms with E-state index in [2.05, 4.69) is 9.88 Å². The first-order valence-corrected chi connectivity index (χ1v) is 10.4. The summed E-state index contributed by atoms with van der Waals surface area (Å²) in [7, 11) is 1.64. The molecule has 2 heterocycles. The maximum Gasteiger partial charge on any atom is 0.361 e. The minimum absolute atomic E-state index is 0.0842. The number of ether oxygens (including phenoxy) is 2.